The van der Waals surface area contributed by atoms with Crippen LogP contribution in [0, 0.1) is 0 Å². The molecule has 0 aromatic carbocycles. The Kier molecular flexibility index (Phi) is 1.38. The molecule has 0 N–H and O–H groups in total. The molecule has 1 atom stereocenters. The van der Waals surface area contributed by atoms with Gasteiger partial charge < -0.3 is 0 Å². The summed E-state index contributed by atoms with van der Waals surface area (Å²) in [5, 5.41) is -10.7. The Labute approximate surface area is 62.1 Å². The van der Waals surface area contributed by atoms with E-state index < -0.39 is 26.3 Å². The highest BCUT2D eigenvalue weighted by Gasteiger charge is 3.01. The van der Waals surface area contributed by atoms with Crippen molar-refractivity contribution in [1.29, 1.82) is 0 Å². The molecular formula is C3F6O2S. The summed E-state index contributed by atoms with van der Waals surface area (Å²) in [4.78, 5) is 0. The minimum atomic E-state index is -6.09. The molecule has 1 rings (SSSR count). The average Bonchev–Trinajstić information content (AvgIpc) is 2.09. The van der Waals surface area contributed by atoms with Gasteiger partial charge in [-0.05, 0) is 0 Å². The highest BCUT2D eigenvalue weighted by atomic mass is 32.2. The molecule has 0 aromatic heterocycles. The van der Waals surface area contributed by atoms with Gasteiger partial charge in [-0.2, -0.15) is 22.0 Å². The highest BCUT2D eigenvalue weighted by molar-refractivity contribution is 8.01. The molecule has 1 heterocycles. The fraction of sp³-hybridized carbons (Fsp3) is 1.00. The van der Waals surface area contributed by atoms with Crippen molar-refractivity contribution in [2.75, 3.05) is 0 Å². The van der Waals surface area contributed by atoms with E-state index in [4.69, 9.17) is 0 Å². The van der Waals surface area contributed by atoms with Crippen molar-refractivity contribution in [2.45, 2.75) is 16.4 Å². The van der Waals surface area contributed by atoms with Crippen LogP contribution < -0.4 is 0 Å². The molecule has 1 fully saturated rings. The lowest BCUT2D eigenvalue weighted by atomic mass is 10.4. The second-order valence-electron chi connectivity index (χ2n) is 2.11. The Bertz CT molecular complexity index is 314. The van der Waals surface area contributed by atoms with E-state index in [0.717, 1.165) is 0 Å². The van der Waals surface area contributed by atoms with Crippen molar-refractivity contribution >= 4 is 9.84 Å². The van der Waals surface area contributed by atoms with Crippen LogP contribution in [0.3, 0.4) is 0 Å². The summed E-state index contributed by atoms with van der Waals surface area (Å²) in [6.07, 6.45) is -6.09. The van der Waals surface area contributed by atoms with E-state index in [9.17, 15) is 34.8 Å². The lowest BCUT2D eigenvalue weighted by Crippen LogP contribution is -2.33. The fourth-order valence-corrected chi connectivity index (χ4v) is 1.91. The predicted octanol–water partition coefficient (Wildman–Crippen LogP) is 1.24. The standard InChI is InChI=1S/C3F6O2S/c4-1(2(5,6)7)3(8,9)12(1,10)11. The van der Waals surface area contributed by atoms with Crippen LogP contribution in [0.4, 0.5) is 26.3 Å². The van der Waals surface area contributed by atoms with Crippen LogP contribution in [0.15, 0.2) is 0 Å². The van der Waals surface area contributed by atoms with Crippen LogP contribution in [0.1, 0.15) is 0 Å². The summed E-state index contributed by atoms with van der Waals surface area (Å²) in [5.41, 5.74) is 0. The van der Waals surface area contributed by atoms with Crippen molar-refractivity contribution < 1.29 is 34.8 Å². The molecule has 0 spiro atoms. The van der Waals surface area contributed by atoms with E-state index in [2.05, 4.69) is 0 Å². The minimum absolute atomic E-state index is 5.34. The van der Waals surface area contributed by atoms with Crippen molar-refractivity contribution in [3.63, 3.8) is 0 Å². The van der Waals surface area contributed by atoms with E-state index in [1.165, 1.54) is 0 Å². The molecule has 0 saturated carbocycles. The first-order valence-electron chi connectivity index (χ1n) is 2.38. The molecule has 0 aliphatic carbocycles. The largest absolute Gasteiger partial charge is 0.445 e. The quantitative estimate of drug-likeness (QED) is 0.449. The lowest BCUT2D eigenvalue weighted by molar-refractivity contribution is -0.213. The smallest absolute Gasteiger partial charge is 0.218 e. The van der Waals surface area contributed by atoms with Crippen LogP contribution in [-0.2, 0) is 9.84 Å². The Hall–Kier alpha value is -0.470. The first-order valence-corrected chi connectivity index (χ1v) is 3.86. The van der Waals surface area contributed by atoms with Gasteiger partial charge in [-0.15, -0.1) is 0 Å². The van der Waals surface area contributed by atoms with Gasteiger partial charge in [-0.1, -0.05) is 0 Å². The minimum Gasteiger partial charge on any atom is -0.218 e. The summed E-state index contributed by atoms with van der Waals surface area (Å²) in [6, 6.07) is 0. The third kappa shape index (κ3) is 0.617. The second-order valence-corrected chi connectivity index (χ2v) is 4.20. The van der Waals surface area contributed by atoms with Gasteiger partial charge in [0.05, 0.1) is 0 Å². The second kappa shape index (κ2) is 1.73. The lowest BCUT2D eigenvalue weighted by Gasteiger charge is -2.05. The number of alkyl halides is 6. The molecule has 2 nitrogen and oxygen atoms in total. The zero-order chi connectivity index (χ0) is 10.0. The van der Waals surface area contributed by atoms with E-state index in [1.54, 1.807) is 0 Å². The van der Waals surface area contributed by atoms with E-state index in [-0.39, 0.29) is 0 Å². The molecule has 72 valence electrons. The molecule has 0 bridgehead atoms. The van der Waals surface area contributed by atoms with Gasteiger partial charge in [-0.25, -0.2) is 12.8 Å². The third-order valence-electron chi connectivity index (χ3n) is 1.41. The molecule has 1 unspecified atom stereocenters. The zero-order valence-electron chi connectivity index (χ0n) is 4.99. The summed E-state index contributed by atoms with van der Waals surface area (Å²) < 4.78 is 89.5. The molecular weight excluding hydrogens is 214 g/mol. The fourth-order valence-electron chi connectivity index (χ4n) is 0.639. The maximum atomic E-state index is 12.1. The summed E-state index contributed by atoms with van der Waals surface area (Å²) >= 11 is 0. The number of sulfone groups is 1. The van der Waals surface area contributed by atoms with E-state index in [0.29, 0.717) is 0 Å². The highest BCUT2D eigenvalue weighted by Crippen LogP contribution is 2.66. The number of hydrogen-bond acceptors (Lipinski definition) is 2. The van der Waals surface area contributed by atoms with Gasteiger partial charge in [0.1, 0.15) is 0 Å². The van der Waals surface area contributed by atoms with Gasteiger partial charge in [-0.3, -0.25) is 0 Å². The molecule has 1 aliphatic rings. The Morgan fingerprint density at radius 3 is 1.25 bits per heavy atom. The van der Waals surface area contributed by atoms with Crippen LogP contribution in [0.2, 0.25) is 0 Å². The van der Waals surface area contributed by atoms with Gasteiger partial charge in [0, 0.05) is 0 Å². The van der Waals surface area contributed by atoms with Gasteiger partial charge >= 0.3 is 16.4 Å². The first kappa shape index (κ1) is 9.62. The van der Waals surface area contributed by atoms with Crippen molar-refractivity contribution in [3.8, 4) is 0 Å². The Balaban J connectivity index is 3.28. The van der Waals surface area contributed by atoms with Crippen LogP contribution in [-0.4, -0.2) is 24.8 Å². The molecule has 0 radical (unpaired) electrons. The van der Waals surface area contributed by atoms with Gasteiger partial charge in [0.15, 0.2) is 0 Å². The van der Waals surface area contributed by atoms with Gasteiger partial charge in [0.2, 0.25) is 0 Å². The predicted molar refractivity (Wildman–Crippen MR) is 23.8 cm³/mol. The number of hydrogen-bond donors (Lipinski definition) is 0. The Morgan fingerprint density at radius 2 is 1.25 bits per heavy atom. The van der Waals surface area contributed by atoms with Crippen LogP contribution in [0.5, 0.6) is 0 Å². The van der Waals surface area contributed by atoms with Crippen molar-refractivity contribution in [3.05, 3.63) is 0 Å². The van der Waals surface area contributed by atoms with E-state index >= 15 is 0 Å². The summed E-state index contributed by atoms with van der Waals surface area (Å²) in [5.74, 6) is 0. The number of halogens is 6. The normalized spacial score (nSPS) is 37.8. The maximum absolute atomic E-state index is 12.1. The summed E-state index contributed by atoms with van der Waals surface area (Å²) in [6.45, 7) is 0. The number of rotatable bonds is 0. The van der Waals surface area contributed by atoms with Crippen molar-refractivity contribution in [1.82, 2.24) is 0 Å². The van der Waals surface area contributed by atoms with Gasteiger partial charge in [0.25, 0.3) is 9.84 Å². The monoisotopic (exact) mass is 214 g/mol. The summed E-state index contributed by atoms with van der Waals surface area (Å²) in [7, 11) is -6.02. The molecule has 1 saturated heterocycles. The van der Waals surface area contributed by atoms with Crippen molar-refractivity contribution in [2.24, 2.45) is 0 Å². The maximum Gasteiger partial charge on any atom is 0.445 e. The Morgan fingerprint density at radius 1 is 1.00 bits per heavy atom. The molecule has 9 heteroatoms. The first-order chi connectivity index (χ1) is 5.00. The molecule has 1 aliphatic heterocycles. The third-order valence-corrected chi connectivity index (χ3v) is 3.39. The van der Waals surface area contributed by atoms with Crippen LogP contribution in [0.25, 0.3) is 0 Å². The van der Waals surface area contributed by atoms with Crippen LogP contribution >= 0.6 is 0 Å². The van der Waals surface area contributed by atoms with E-state index in [1.807, 2.05) is 0 Å². The topological polar surface area (TPSA) is 34.1 Å². The molecule has 12 heavy (non-hydrogen) atoms. The SMILES string of the molecule is O=S1(=O)C(F)(F)C1(F)C(F)(F)F. The average molecular weight is 214 g/mol. The molecule has 0 amide bonds. The zero-order valence-corrected chi connectivity index (χ0v) is 5.81. The molecule has 0 aromatic rings.